The first-order chi connectivity index (χ1) is 17.5. The van der Waals surface area contributed by atoms with Crippen molar-refractivity contribution in [2.45, 2.75) is 71.1 Å². The molecular weight excluding hydrogens is 482 g/mol. The number of anilines is 2. The van der Waals surface area contributed by atoms with E-state index in [0.29, 0.717) is 19.1 Å². The van der Waals surface area contributed by atoms with Crippen LogP contribution in [0.1, 0.15) is 76.8 Å². The molecule has 196 valence electrons. The number of hydrogen-bond acceptors (Lipinski definition) is 8. The summed E-state index contributed by atoms with van der Waals surface area (Å²) in [5.41, 5.74) is 3.63. The highest BCUT2D eigenvalue weighted by Gasteiger charge is 2.29. The molecule has 0 radical (unpaired) electrons. The Labute approximate surface area is 223 Å². The minimum atomic E-state index is -0.141. The number of nitrogens with one attached hydrogen (secondary N) is 1. The van der Waals surface area contributed by atoms with Crippen LogP contribution in [0.5, 0.6) is 0 Å². The summed E-state index contributed by atoms with van der Waals surface area (Å²) in [5, 5.41) is 6.56. The molecule has 5 heterocycles. The van der Waals surface area contributed by atoms with Crippen molar-refractivity contribution < 1.29 is 4.79 Å². The number of carbonyl (C=O) groups is 1. The summed E-state index contributed by atoms with van der Waals surface area (Å²) in [6.07, 6.45) is 3.62. The maximum Gasteiger partial charge on any atom is 0.242 e. The topological polar surface area (TPSA) is 87.1 Å². The molecule has 2 aliphatic heterocycles. The normalized spacial score (nSPS) is 16.6. The molecule has 9 heteroatoms. The fraction of sp³-hybridized carbons (Fsp3) is 0.536. The summed E-state index contributed by atoms with van der Waals surface area (Å²) in [7, 11) is 0. The molecule has 0 saturated carbocycles. The molecule has 0 spiro atoms. The Hall–Kier alpha value is -3.07. The highest BCUT2D eigenvalue weighted by atomic mass is 32.1. The lowest BCUT2D eigenvalue weighted by atomic mass is 9.89. The van der Waals surface area contributed by atoms with Gasteiger partial charge in [-0.1, -0.05) is 41.5 Å². The standard InChI is InChI=1S/C28H37N7OS/c1-27(2,3)22-14-20(32-26(33-22)28(4,5)6)21-16-37-25(31-21)18-9-12-34(13-10-18)23(36)15-35-17-30-19-8-7-11-29-24(19)35/h7-8,11,14,16,18,30H,9-10,12-13,15,17H2,1-6H3. The van der Waals surface area contributed by atoms with Crippen molar-refractivity contribution in [2.24, 2.45) is 0 Å². The second-order valence-electron chi connectivity index (χ2n) is 12.1. The number of pyridine rings is 1. The first kappa shape index (κ1) is 25.6. The van der Waals surface area contributed by atoms with Crippen LogP contribution in [0, 0.1) is 0 Å². The lowest BCUT2D eigenvalue weighted by Crippen LogP contribution is -2.44. The molecule has 5 rings (SSSR count). The van der Waals surface area contributed by atoms with E-state index in [1.807, 2.05) is 21.9 Å². The average Bonchev–Trinajstić information content (AvgIpc) is 3.51. The van der Waals surface area contributed by atoms with Gasteiger partial charge in [0.1, 0.15) is 12.4 Å². The molecule has 0 aromatic carbocycles. The van der Waals surface area contributed by atoms with Gasteiger partial charge in [0.25, 0.3) is 0 Å². The monoisotopic (exact) mass is 519 g/mol. The average molecular weight is 520 g/mol. The van der Waals surface area contributed by atoms with Gasteiger partial charge in [0, 0.05) is 41.4 Å². The number of aromatic nitrogens is 4. The number of amides is 1. The lowest BCUT2D eigenvalue weighted by molar-refractivity contribution is -0.130. The summed E-state index contributed by atoms with van der Waals surface area (Å²) in [4.78, 5) is 36.3. The van der Waals surface area contributed by atoms with E-state index in [0.717, 1.165) is 65.4 Å². The van der Waals surface area contributed by atoms with Gasteiger partial charge in [-0.2, -0.15) is 0 Å². The summed E-state index contributed by atoms with van der Waals surface area (Å²) >= 11 is 1.71. The molecule has 37 heavy (non-hydrogen) atoms. The molecule has 1 saturated heterocycles. The SMILES string of the molecule is CC(C)(C)c1cc(-c2csc(C3CCN(C(=O)CN4CNc5cccnc54)CC3)n2)nc(C(C)(C)C)n1. The molecule has 3 aromatic rings. The van der Waals surface area contributed by atoms with Crippen molar-refractivity contribution in [3.8, 4) is 11.4 Å². The maximum atomic E-state index is 13.0. The molecule has 0 aliphatic carbocycles. The molecule has 1 fully saturated rings. The van der Waals surface area contributed by atoms with Gasteiger partial charge in [-0.05, 0) is 31.0 Å². The number of rotatable bonds is 4. The third-order valence-corrected chi connectivity index (χ3v) is 8.03. The minimum absolute atomic E-state index is 0.0703. The van der Waals surface area contributed by atoms with E-state index in [9.17, 15) is 4.79 Å². The molecule has 0 bridgehead atoms. The number of likely N-dealkylation sites (tertiary alicyclic amines) is 1. The van der Waals surface area contributed by atoms with E-state index in [1.54, 1.807) is 17.5 Å². The van der Waals surface area contributed by atoms with E-state index >= 15 is 0 Å². The zero-order valence-corrected chi connectivity index (χ0v) is 23.5. The highest BCUT2D eigenvalue weighted by Crippen LogP contribution is 2.35. The molecule has 0 unspecified atom stereocenters. The molecule has 1 N–H and O–H groups in total. The smallest absolute Gasteiger partial charge is 0.242 e. The number of fused-ring (bicyclic) bond motifs is 1. The Morgan fingerprint density at radius 3 is 2.51 bits per heavy atom. The van der Waals surface area contributed by atoms with Gasteiger partial charge in [0.15, 0.2) is 5.82 Å². The summed E-state index contributed by atoms with van der Waals surface area (Å²) in [6.45, 7) is 15.5. The van der Waals surface area contributed by atoms with Crippen LogP contribution in [0.15, 0.2) is 29.8 Å². The van der Waals surface area contributed by atoms with Crippen LogP contribution >= 0.6 is 11.3 Å². The van der Waals surface area contributed by atoms with Gasteiger partial charge in [-0.3, -0.25) is 4.79 Å². The first-order valence-electron chi connectivity index (χ1n) is 13.1. The molecule has 3 aromatic heterocycles. The van der Waals surface area contributed by atoms with Crippen molar-refractivity contribution in [2.75, 3.05) is 36.5 Å². The first-order valence-corrected chi connectivity index (χ1v) is 13.9. The number of nitrogens with zero attached hydrogens (tertiary/aromatic N) is 6. The van der Waals surface area contributed by atoms with Crippen molar-refractivity contribution in [1.29, 1.82) is 0 Å². The quantitative estimate of drug-likeness (QED) is 0.508. The van der Waals surface area contributed by atoms with Gasteiger partial charge in [-0.15, -0.1) is 11.3 Å². The van der Waals surface area contributed by atoms with Crippen LogP contribution in [0.3, 0.4) is 0 Å². The van der Waals surface area contributed by atoms with Crippen molar-refractivity contribution in [3.05, 3.63) is 46.3 Å². The van der Waals surface area contributed by atoms with Crippen LogP contribution in [-0.4, -0.2) is 57.0 Å². The second-order valence-corrected chi connectivity index (χ2v) is 13.0. The molecule has 0 atom stereocenters. The van der Waals surface area contributed by atoms with E-state index in [4.69, 9.17) is 15.0 Å². The predicted octanol–water partition coefficient (Wildman–Crippen LogP) is 5.19. The van der Waals surface area contributed by atoms with Crippen LogP contribution in [0.25, 0.3) is 11.4 Å². The van der Waals surface area contributed by atoms with Gasteiger partial charge >= 0.3 is 0 Å². The fourth-order valence-corrected chi connectivity index (χ4v) is 5.69. The van der Waals surface area contributed by atoms with E-state index in [1.165, 1.54) is 0 Å². The Bertz CT molecular complexity index is 1250. The summed E-state index contributed by atoms with van der Waals surface area (Å²) in [5.74, 6) is 2.23. The van der Waals surface area contributed by atoms with Crippen LogP contribution in [0.4, 0.5) is 11.5 Å². The largest absolute Gasteiger partial charge is 0.365 e. The van der Waals surface area contributed by atoms with E-state index < -0.39 is 0 Å². The zero-order valence-electron chi connectivity index (χ0n) is 22.7. The zero-order chi connectivity index (χ0) is 26.4. The van der Waals surface area contributed by atoms with Crippen LogP contribution < -0.4 is 10.2 Å². The Morgan fingerprint density at radius 1 is 1.05 bits per heavy atom. The minimum Gasteiger partial charge on any atom is -0.365 e. The van der Waals surface area contributed by atoms with Gasteiger partial charge < -0.3 is 15.1 Å². The predicted molar refractivity (Wildman–Crippen MR) is 149 cm³/mol. The van der Waals surface area contributed by atoms with Gasteiger partial charge in [-0.25, -0.2) is 19.9 Å². The molecular formula is C28H37N7OS. The lowest BCUT2D eigenvalue weighted by Gasteiger charge is -2.32. The van der Waals surface area contributed by atoms with Gasteiger partial charge in [0.2, 0.25) is 5.91 Å². The molecule has 8 nitrogen and oxygen atoms in total. The van der Waals surface area contributed by atoms with E-state index in [2.05, 4.69) is 63.3 Å². The van der Waals surface area contributed by atoms with Crippen molar-refractivity contribution in [3.63, 3.8) is 0 Å². The Morgan fingerprint density at radius 2 is 1.81 bits per heavy atom. The second kappa shape index (κ2) is 9.67. The number of carbonyl (C=O) groups excluding carboxylic acids is 1. The Kier molecular flexibility index (Phi) is 6.68. The van der Waals surface area contributed by atoms with Crippen LogP contribution in [-0.2, 0) is 15.6 Å². The number of hydrogen-bond donors (Lipinski definition) is 1. The third-order valence-electron chi connectivity index (χ3n) is 7.02. The highest BCUT2D eigenvalue weighted by molar-refractivity contribution is 7.10. The van der Waals surface area contributed by atoms with Crippen molar-refractivity contribution >= 4 is 28.7 Å². The maximum absolute atomic E-state index is 13.0. The number of piperidine rings is 1. The number of thiazole rings is 1. The van der Waals surface area contributed by atoms with Crippen LogP contribution in [0.2, 0.25) is 0 Å². The molecule has 1 amide bonds. The Balaban J connectivity index is 1.25. The van der Waals surface area contributed by atoms with Crippen molar-refractivity contribution in [1.82, 2.24) is 24.8 Å². The summed E-state index contributed by atoms with van der Waals surface area (Å²) in [6, 6.07) is 6.00. The third kappa shape index (κ3) is 5.46. The molecule has 2 aliphatic rings. The fourth-order valence-electron chi connectivity index (χ4n) is 4.70. The van der Waals surface area contributed by atoms with E-state index in [-0.39, 0.29) is 16.7 Å². The van der Waals surface area contributed by atoms with Gasteiger partial charge in [0.05, 0.1) is 34.4 Å². The summed E-state index contributed by atoms with van der Waals surface area (Å²) < 4.78 is 0.